The number of esters is 3. The third kappa shape index (κ3) is 6.56. The van der Waals surface area contributed by atoms with E-state index in [1.54, 1.807) is 13.8 Å². The predicted octanol–water partition coefficient (Wildman–Crippen LogP) is 1.39. The lowest BCUT2D eigenvalue weighted by Crippen LogP contribution is -2.47. The molecule has 10 heteroatoms. The summed E-state index contributed by atoms with van der Waals surface area (Å²) in [5.41, 5.74) is 0.0304. The zero-order valence-electron chi connectivity index (χ0n) is 19.7. The lowest BCUT2D eigenvalue weighted by Gasteiger charge is -2.29. The van der Waals surface area contributed by atoms with E-state index >= 15 is 0 Å². The van der Waals surface area contributed by atoms with Gasteiger partial charge in [-0.2, -0.15) is 0 Å². The number of aromatic nitrogens is 1. The highest BCUT2D eigenvalue weighted by molar-refractivity contribution is 5.96. The maximum atomic E-state index is 13.1. The van der Waals surface area contributed by atoms with Gasteiger partial charge in [0.2, 0.25) is 0 Å². The van der Waals surface area contributed by atoms with Gasteiger partial charge in [-0.15, -0.1) is 0 Å². The van der Waals surface area contributed by atoms with Gasteiger partial charge in [0.25, 0.3) is 5.91 Å². The number of H-pyrrole nitrogens is 1. The molecule has 35 heavy (non-hydrogen) atoms. The number of benzene rings is 1. The molecule has 1 saturated heterocycles. The first-order valence-corrected chi connectivity index (χ1v) is 11.3. The number of amides is 1. The Morgan fingerprint density at radius 2 is 1.83 bits per heavy atom. The molecule has 1 amide bonds. The molecule has 1 aliphatic rings. The van der Waals surface area contributed by atoms with Crippen LogP contribution in [0.1, 0.15) is 36.7 Å². The standard InChI is InChI=1S/C25H28N2O8/c1-14(2)23(30)35-21-15(3)34-25(32)19(27-22(29)18-12-26-10-9-20(18)28)13-33-24(31)17(21)11-16-7-5-4-6-8-16/h4-10,12,14-15,17,19,21H,11,13H2,1-3H3,(H,26,28)(H,27,29)/t15-,17+,19-,21-/m0/s1. The Morgan fingerprint density at radius 1 is 1.11 bits per heavy atom. The van der Waals surface area contributed by atoms with Gasteiger partial charge in [0, 0.05) is 18.5 Å². The van der Waals surface area contributed by atoms with Crippen molar-refractivity contribution in [3.8, 4) is 0 Å². The molecule has 0 bridgehead atoms. The summed E-state index contributed by atoms with van der Waals surface area (Å²) in [6.07, 6.45) is 0.595. The molecule has 186 valence electrons. The van der Waals surface area contributed by atoms with Gasteiger partial charge in [-0.1, -0.05) is 44.2 Å². The lowest BCUT2D eigenvalue weighted by molar-refractivity contribution is -0.176. The second-order valence-electron chi connectivity index (χ2n) is 8.57. The van der Waals surface area contributed by atoms with Crippen LogP contribution in [0.5, 0.6) is 0 Å². The average molecular weight is 485 g/mol. The van der Waals surface area contributed by atoms with Crippen LogP contribution in [0.15, 0.2) is 53.6 Å². The summed E-state index contributed by atoms with van der Waals surface area (Å²) in [5, 5.41) is 2.38. The molecule has 3 rings (SSSR count). The molecule has 1 fully saturated rings. The zero-order chi connectivity index (χ0) is 25.5. The zero-order valence-corrected chi connectivity index (χ0v) is 19.7. The van der Waals surface area contributed by atoms with E-state index in [9.17, 15) is 24.0 Å². The number of hydrogen-bond donors (Lipinski definition) is 2. The highest BCUT2D eigenvalue weighted by atomic mass is 16.6. The third-order valence-electron chi connectivity index (χ3n) is 5.54. The Balaban J connectivity index is 1.87. The van der Waals surface area contributed by atoms with Crippen molar-refractivity contribution in [3.63, 3.8) is 0 Å². The number of ether oxygens (including phenoxy) is 3. The largest absolute Gasteiger partial charge is 0.463 e. The molecule has 0 radical (unpaired) electrons. The number of cyclic esters (lactones) is 2. The topological polar surface area (TPSA) is 141 Å². The van der Waals surface area contributed by atoms with Crippen molar-refractivity contribution >= 4 is 23.8 Å². The second kappa shape index (κ2) is 11.5. The SMILES string of the molecule is CC(C)C(=O)O[C@H]1[C@H](C)OC(=O)[C@@H](NC(=O)c2c[nH]ccc2=O)COC(=O)[C@@H]1Cc1ccccc1. The number of rotatable bonds is 6. The molecule has 10 nitrogen and oxygen atoms in total. The lowest BCUT2D eigenvalue weighted by atomic mass is 9.91. The Kier molecular flexibility index (Phi) is 8.40. The molecular weight excluding hydrogens is 456 g/mol. The molecular formula is C25H28N2O8. The summed E-state index contributed by atoms with van der Waals surface area (Å²) >= 11 is 0. The summed E-state index contributed by atoms with van der Waals surface area (Å²) in [4.78, 5) is 65.6. The fourth-order valence-corrected chi connectivity index (χ4v) is 3.58. The molecule has 0 aliphatic carbocycles. The van der Waals surface area contributed by atoms with Gasteiger partial charge in [0.1, 0.15) is 24.2 Å². The monoisotopic (exact) mass is 484 g/mol. The van der Waals surface area contributed by atoms with Gasteiger partial charge in [-0.3, -0.25) is 19.2 Å². The van der Waals surface area contributed by atoms with E-state index < -0.39 is 65.9 Å². The molecule has 2 aromatic rings. The van der Waals surface area contributed by atoms with Gasteiger partial charge in [-0.05, 0) is 18.9 Å². The van der Waals surface area contributed by atoms with Crippen molar-refractivity contribution in [1.82, 2.24) is 10.3 Å². The van der Waals surface area contributed by atoms with E-state index in [1.807, 2.05) is 30.3 Å². The second-order valence-corrected chi connectivity index (χ2v) is 8.57. The molecule has 0 saturated carbocycles. The average Bonchev–Trinajstić information content (AvgIpc) is 2.86. The van der Waals surface area contributed by atoms with E-state index in [0.717, 1.165) is 5.56 Å². The smallest absolute Gasteiger partial charge is 0.332 e. The van der Waals surface area contributed by atoms with Crippen LogP contribution in [0, 0.1) is 11.8 Å². The summed E-state index contributed by atoms with van der Waals surface area (Å²) < 4.78 is 16.5. The Morgan fingerprint density at radius 3 is 2.49 bits per heavy atom. The molecule has 2 N–H and O–H groups in total. The fraction of sp³-hybridized carbons (Fsp3) is 0.400. The molecule has 0 spiro atoms. The normalized spacial score (nSPS) is 22.7. The van der Waals surface area contributed by atoms with Gasteiger partial charge < -0.3 is 24.5 Å². The highest BCUT2D eigenvalue weighted by Gasteiger charge is 2.42. The van der Waals surface area contributed by atoms with Crippen molar-refractivity contribution in [1.29, 1.82) is 0 Å². The molecule has 2 heterocycles. The summed E-state index contributed by atoms with van der Waals surface area (Å²) in [6, 6.07) is 8.88. The van der Waals surface area contributed by atoms with Gasteiger partial charge in [-0.25, -0.2) is 4.79 Å². The van der Waals surface area contributed by atoms with Gasteiger partial charge in [0.05, 0.1) is 5.92 Å². The predicted molar refractivity (Wildman–Crippen MR) is 123 cm³/mol. The van der Waals surface area contributed by atoms with Crippen LogP contribution in [-0.4, -0.2) is 53.7 Å². The number of carbonyl (C=O) groups excluding carboxylic acids is 4. The highest BCUT2D eigenvalue weighted by Crippen LogP contribution is 2.24. The molecule has 4 atom stereocenters. The number of carbonyl (C=O) groups is 4. The minimum Gasteiger partial charge on any atom is -0.463 e. The van der Waals surface area contributed by atoms with Gasteiger partial charge >= 0.3 is 17.9 Å². The van der Waals surface area contributed by atoms with Crippen LogP contribution >= 0.6 is 0 Å². The van der Waals surface area contributed by atoms with Gasteiger partial charge in [0.15, 0.2) is 17.6 Å². The minimum atomic E-state index is -1.37. The summed E-state index contributed by atoms with van der Waals surface area (Å²) in [7, 11) is 0. The first kappa shape index (κ1) is 25.7. The number of aromatic amines is 1. The quantitative estimate of drug-likeness (QED) is 0.463. The number of pyridine rings is 1. The van der Waals surface area contributed by atoms with E-state index in [1.165, 1.54) is 25.4 Å². The van der Waals surface area contributed by atoms with Crippen LogP contribution in [0.3, 0.4) is 0 Å². The summed E-state index contributed by atoms with van der Waals surface area (Å²) in [6.45, 7) is 4.29. The van der Waals surface area contributed by atoms with Crippen LogP contribution in [0.2, 0.25) is 0 Å². The van der Waals surface area contributed by atoms with Crippen LogP contribution < -0.4 is 10.7 Å². The first-order valence-electron chi connectivity index (χ1n) is 11.3. The first-order chi connectivity index (χ1) is 16.7. The van der Waals surface area contributed by atoms with Crippen molar-refractivity contribution in [2.45, 2.75) is 45.4 Å². The van der Waals surface area contributed by atoms with E-state index in [0.29, 0.717) is 0 Å². The maximum absolute atomic E-state index is 13.1. The van der Waals surface area contributed by atoms with Crippen LogP contribution in [0.4, 0.5) is 0 Å². The van der Waals surface area contributed by atoms with Crippen molar-refractivity contribution in [2.24, 2.45) is 11.8 Å². The minimum absolute atomic E-state index is 0.175. The van der Waals surface area contributed by atoms with Crippen LogP contribution in [0.25, 0.3) is 0 Å². The Labute approximate surface area is 202 Å². The van der Waals surface area contributed by atoms with E-state index in [2.05, 4.69) is 10.3 Å². The number of nitrogens with one attached hydrogen (secondary N) is 2. The van der Waals surface area contributed by atoms with Crippen LogP contribution in [-0.2, 0) is 35.0 Å². The van der Waals surface area contributed by atoms with E-state index in [-0.39, 0.29) is 12.0 Å². The molecule has 0 unspecified atom stereocenters. The summed E-state index contributed by atoms with van der Waals surface area (Å²) in [5.74, 6) is -4.44. The Bertz CT molecular complexity index is 1130. The van der Waals surface area contributed by atoms with E-state index in [4.69, 9.17) is 14.2 Å². The molecule has 1 aromatic carbocycles. The van der Waals surface area contributed by atoms with Crippen molar-refractivity contribution in [3.05, 3.63) is 70.1 Å². The van der Waals surface area contributed by atoms with Crippen molar-refractivity contribution in [2.75, 3.05) is 6.61 Å². The van der Waals surface area contributed by atoms with Crippen molar-refractivity contribution < 1.29 is 33.4 Å². The maximum Gasteiger partial charge on any atom is 0.332 e. The third-order valence-corrected chi connectivity index (χ3v) is 5.54. The molecule has 1 aliphatic heterocycles. The number of hydrogen-bond acceptors (Lipinski definition) is 8. The Hall–Kier alpha value is -3.95. The fourth-order valence-electron chi connectivity index (χ4n) is 3.58. The molecule has 1 aromatic heterocycles.